The summed E-state index contributed by atoms with van der Waals surface area (Å²) in [5.74, 6) is 0.660. The fourth-order valence-electron chi connectivity index (χ4n) is 4.08. The standard InChI is InChI=1S/C22H28N4O2/c1-22(2,3)18-12-8-9-13-25(18)19-14-20(27)24(5)21(28)26(19)15-16-10-6-7-11-17(16)23-4/h6-7,10-11,14,18H,8-9,12-13,15H2,1-3,5H3. The molecule has 6 nitrogen and oxygen atoms in total. The molecule has 2 heterocycles. The number of hydrogen-bond acceptors (Lipinski definition) is 3. The largest absolute Gasteiger partial charge is 0.354 e. The van der Waals surface area contributed by atoms with Gasteiger partial charge >= 0.3 is 5.69 Å². The van der Waals surface area contributed by atoms with Crippen molar-refractivity contribution in [3.05, 3.63) is 68.2 Å². The number of piperidine rings is 1. The molecule has 1 aromatic carbocycles. The first kappa shape index (κ1) is 19.9. The van der Waals surface area contributed by atoms with Crippen LogP contribution in [0.1, 0.15) is 45.6 Å². The molecule has 1 aliphatic heterocycles. The second-order valence-corrected chi connectivity index (χ2v) is 8.58. The molecule has 28 heavy (non-hydrogen) atoms. The van der Waals surface area contributed by atoms with Crippen LogP contribution >= 0.6 is 0 Å². The summed E-state index contributed by atoms with van der Waals surface area (Å²) in [7, 11) is 1.50. The second-order valence-electron chi connectivity index (χ2n) is 8.58. The van der Waals surface area contributed by atoms with Crippen LogP contribution in [0.3, 0.4) is 0 Å². The van der Waals surface area contributed by atoms with Gasteiger partial charge in [-0.15, -0.1) is 0 Å². The third-order valence-corrected chi connectivity index (χ3v) is 5.61. The van der Waals surface area contributed by atoms with Crippen molar-refractivity contribution in [2.45, 2.75) is 52.6 Å². The molecule has 3 rings (SSSR count). The second kappa shape index (κ2) is 7.67. The van der Waals surface area contributed by atoms with E-state index in [0.717, 1.165) is 35.9 Å². The molecule has 1 atom stereocenters. The number of nitrogens with zero attached hydrogens (tertiary/aromatic N) is 4. The molecule has 0 aliphatic carbocycles. The van der Waals surface area contributed by atoms with Gasteiger partial charge in [0.25, 0.3) is 5.56 Å². The van der Waals surface area contributed by atoms with Gasteiger partial charge in [0.15, 0.2) is 5.69 Å². The van der Waals surface area contributed by atoms with Crippen molar-refractivity contribution >= 4 is 11.5 Å². The van der Waals surface area contributed by atoms with Gasteiger partial charge in [-0.3, -0.25) is 13.9 Å². The van der Waals surface area contributed by atoms with Gasteiger partial charge < -0.3 is 4.90 Å². The normalized spacial score (nSPS) is 17.4. The molecule has 0 saturated carbocycles. The lowest BCUT2D eigenvalue weighted by atomic mass is 9.80. The number of anilines is 1. The Morgan fingerprint density at radius 1 is 1.18 bits per heavy atom. The molecule has 0 radical (unpaired) electrons. The molecule has 1 fully saturated rings. The van der Waals surface area contributed by atoms with Crippen LogP contribution in [0.15, 0.2) is 39.9 Å². The van der Waals surface area contributed by atoms with Gasteiger partial charge in [0, 0.05) is 32.2 Å². The first-order chi connectivity index (χ1) is 13.2. The summed E-state index contributed by atoms with van der Waals surface area (Å²) >= 11 is 0. The Kier molecular flexibility index (Phi) is 5.46. The zero-order chi connectivity index (χ0) is 20.5. The van der Waals surface area contributed by atoms with Crippen molar-refractivity contribution in [3.63, 3.8) is 0 Å². The first-order valence-corrected chi connectivity index (χ1v) is 9.77. The summed E-state index contributed by atoms with van der Waals surface area (Å²) in [5.41, 5.74) is 0.689. The van der Waals surface area contributed by atoms with E-state index in [1.54, 1.807) is 16.7 Å². The Balaban J connectivity index is 2.17. The van der Waals surface area contributed by atoms with Crippen LogP contribution in [0, 0.1) is 12.0 Å². The minimum atomic E-state index is -0.347. The van der Waals surface area contributed by atoms with Crippen molar-refractivity contribution in [3.8, 4) is 0 Å². The van der Waals surface area contributed by atoms with Crippen LogP contribution in [-0.2, 0) is 13.6 Å². The van der Waals surface area contributed by atoms with Crippen LogP contribution in [0.25, 0.3) is 4.85 Å². The quantitative estimate of drug-likeness (QED) is 0.765. The number of hydrogen-bond donors (Lipinski definition) is 0. The molecule has 1 aromatic heterocycles. The van der Waals surface area contributed by atoms with Gasteiger partial charge in [-0.25, -0.2) is 9.64 Å². The van der Waals surface area contributed by atoms with Gasteiger partial charge in [-0.1, -0.05) is 45.0 Å². The SMILES string of the molecule is [C-]#[N+]c1ccccc1Cn1c(N2CCCCC2C(C)(C)C)cc(=O)n(C)c1=O. The van der Waals surface area contributed by atoms with E-state index >= 15 is 0 Å². The summed E-state index contributed by atoms with van der Waals surface area (Å²) in [4.78, 5) is 31.3. The van der Waals surface area contributed by atoms with E-state index in [1.807, 2.05) is 18.2 Å². The highest BCUT2D eigenvalue weighted by Gasteiger charge is 2.34. The third kappa shape index (κ3) is 3.75. The lowest BCUT2D eigenvalue weighted by Crippen LogP contribution is -2.51. The van der Waals surface area contributed by atoms with E-state index in [1.165, 1.54) is 7.05 Å². The summed E-state index contributed by atoms with van der Waals surface area (Å²) in [6.07, 6.45) is 3.22. The summed E-state index contributed by atoms with van der Waals surface area (Å²) in [6, 6.07) is 9.14. The Labute approximate surface area is 165 Å². The average Bonchev–Trinajstić information content (AvgIpc) is 2.68. The van der Waals surface area contributed by atoms with Crippen LogP contribution in [-0.4, -0.2) is 21.7 Å². The van der Waals surface area contributed by atoms with E-state index in [9.17, 15) is 9.59 Å². The zero-order valence-electron chi connectivity index (χ0n) is 17.1. The van der Waals surface area contributed by atoms with Crippen molar-refractivity contribution in [2.24, 2.45) is 12.5 Å². The first-order valence-electron chi connectivity index (χ1n) is 9.77. The van der Waals surface area contributed by atoms with Gasteiger partial charge in [-0.05, 0) is 30.2 Å². The van der Waals surface area contributed by atoms with E-state index in [2.05, 4.69) is 30.5 Å². The molecular formula is C22H28N4O2. The smallest absolute Gasteiger partial charge is 0.332 e. The van der Waals surface area contributed by atoms with Crippen molar-refractivity contribution in [1.82, 2.24) is 9.13 Å². The maximum Gasteiger partial charge on any atom is 0.332 e. The predicted octanol–water partition coefficient (Wildman–Crippen LogP) is 3.55. The predicted molar refractivity (Wildman–Crippen MR) is 112 cm³/mol. The topological polar surface area (TPSA) is 51.6 Å². The highest BCUT2D eigenvalue weighted by Crippen LogP contribution is 2.35. The highest BCUT2D eigenvalue weighted by atomic mass is 16.2. The van der Waals surface area contributed by atoms with Crippen molar-refractivity contribution < 1.29 is 0 Å². The molecule has 0 bridgehead atoms. The molecule has 2 aromatic rings. The van der Waals surface area contributed by atoms with E-state index in [-0.39, 0.29) is 29.3 Å². The van der Waals surface area contributed by atoms with Crippen LogP contribution < -0.4 is 16.1 Å². The minimum Gasteiger partial charge on any atom is -0.354 e. The maximum atomic E-state index is 13.0. The molecule has 148 valence electrons. The van der Waals surface area contributed by atoms with E-state index < -0.39 is 0 Å². The minimum absolute atomic E-state index is 0.0246. The van der Waals surface area contributed by atoms with E-state index in [4.69, 9.17) is 6.57 Å². The van der Waals surface area contributed by atoms with Crippen molar-refractivity contribution in [2.75, 3.05) is 11.4 Å². The Morgan fingerprint density at radius 2 is 1.89 bits per heavy atom. The monoisotopic (exact) mass is 380 g/mol. The number of aromatic nitrogens is 2. The summed E-state index contributed by atoms with van der Waals surface area (Å²) < 4.78 is 2.79. The fourth-order valence-corrected chi connectivity index (χ4v) is 4.08. The Morgan fingerprint density at radius 3 is 2.57 bits per heavy atom. The number of rotatable bonds is 3. The molecule has 0 N–H and O–H groups in total. The van der Waals surface area contributed by atoms with Gasteiger partial charge in [0.05, 0.1) is 6.57 Å². The van der Waals surface area contributed by atoms with Gasteiger partial charge in [-0.2, -0.15) is 0 Å². The number of benzene rings is 1. The van der Waals surface area contributed by atoms with Gasteiger partial charge in [0.2, 0.25) is 0 Å². The molecular weight excluding hydrogens is 352 g/mol. The fraction of sp³-hybridized carbons (Fsp3) is 0.500. The van der Waals surface area contributed by atoms with Crippen molar-refractivity contribution in [1.29, 1.82) is 0 Å². The summed E-state index contributed by atoms with van der Waals surface area (Å²) in [6.45, 7) is 15.1. The molecule has 1 aliphatic rings. The maximum absolute atomic E-state index is 13.0. The number of para-hydroxylation sites is 1. The van der Waals surface area contributed by atoms with Crippen LogP contribution in [0.4, 0.5) is 11.5 Å². The summed E-state index contributed by atoms with van der Waals surface area (Å²) in [5, 5.41) is 0. The molecule has 6 heteroatoms. The van der Waals surface area contributed by atoms with Crippen LogP contribution in [0.2, 0.25) is 0 Å². The lowest BCUT2D eigenvalue weighted by Gasteiger charge is -2.45. The van der Waals surface area contributed by atoms with Gasteiger partial charge in [0.1, 0.15) is 5.82 Å². The lowest BCUT2D eigenvalue weighted by molar-refractivity contribution is 0.258. The van der Waals surface area contributed by atoms with E-state index in [0.29, 0.717) is 11.5 Å². The zero-order valence-corrected chi connectivity index (χ0v) is 17.1. The molecule has 0 amide bonds. The molecule has 0 spiro atoms. The molecule has 1 unspecified atom stereocenters. The molecule has 1 saturated heterocycles. The highest BCUT2D eigenvalue weighted by molar-refractivity contribution is 5.53. The Bertz CT molecular complexity index is 1020. The third-order valence-electron chi connectivity index (χ3n) is 5.61. The van der Waals surface area contributed by atoms with Crippen LogP contribution in [0.5, 0.6) is 0 Å². The average molecular weight is 380 g/mol. The Hall–Kier alpha value is -2.81.